The largest absolute Gasteiger partial charge is 0.394 e. The van der Waals surface area contributed by atoms with Gasteiger partial charge in [-0.15, -0.1) is 0 Å². The van der Waals surface area contributed by atoms with E-state index in [-0.39, 0.29) is 18.9 Å². The minimum absolute atomic E-state index is 0.0432. The summed E-state index contributed by atoms with van der Waals surface area (Å²) < 4.78 is 0. The van der Waals surface area contributed by atoms with Crippen molar-refractivity contribution in [2.24, 2.45) is 0 Å². The van der Waals surface area contributed by atoms with E-state index in [0.717, 1.165) is 25.7 Å². The minimum atomic E-state index is -0.744. The predicted molar refractivity (Wildman–Crippen MR) is 250 cm³/mol. The van der Waals surface area contributed by atoms with Crippen molar-refractivity contribution in [1.29, 1.82) is 0 Å². The van der Waals surface area contributed by atoms with Crippen LogP contribution in [0.25, 0.3) is 0 Å². The van der Waals surface area contributed by atoms with Gasteiger partial charge in [-0.05, 0) is 12.8 Å². The van der Waals surface area contributed by atoms with Gasteiger partial charge >= 0.3 is 0 Å². The first-order valence-electron chi connectivity index (χ1n) is 26.3. The predicted octanol–water partition coefficient (Wildman–Crippen LogP) is 15.8. The van der Waals surface area contributed by atoms with Crippen LogP contribution in [0.2, 0.25) is 0 Å². The maximum atomic E-state index is 12.5. The minimum Gasteiger partial charge on any atom is -0.394 e. The zero-order valence-corrected chi connectivity index (χ0v) is 39.0. The standard InChI is InChI=1S/C52H105NO4/c1-3-5-7-9-11-13-15-17-19-20-21-22-23-24-25-26-27-28-29-30-31-32-33-35-37-39-41-43-45-49(55)47-52(57)53-50(48-54)51(56)46-44-42-40-38-36-34-18-16-14-12-10-8-6-4-2/h49-51,54-56H,3-48H2,1-2H3,(H,53,57). The summed E-state index contributed by atoms with van der Waals surface area (Å²) in [6.45, 7) is 4.29. The molecule has 0 radical (unpaired) electrons. The maximum absolute atomic E-state index is 12.5. The number of carbonyl (C=O) groups is 1. The highest BCUT2D eigenvalue weighted by Gasteiger charge is 2.21. The number of hydrogen-bond donors (Lipinski definition) is 4. The van der Waals surface area contributed by atoms with Crippen LogP contribution in [0.1, 0.15) is 303 Å². The number of amides is 1. The van der Waals surface area contributed by atoms with E-state index in [9.17, 15) is 20.1 Å². The number of unbranched alkanes of at least 4 members (excludes halogenated alkanes) is 40. The Hall–Kier alpha value is -0.650. The number of rotatable bonds is 49. The molecule has 0 spiro atoms. The van der Waals surface area contributed by atoms with Crippen molar-refractivity contribution >= 4 is 5.91 Å². The molecule has 0 aliphatic heterocycles. The molecular weight excluding hydrogens is 703 g/mol. The molecule has 0 aromatic rings. The summed E-state index contributed by atoms with van der Waals surface area (Å²) in [5.74, 6) is -0.276. The molecule has 5 nitrogen and oxygen atoms in total. The van der Waals surface area contributed by atoms with E-state index >= 15 is 0 Å². The Morgan fingerprint density at radius 2 is 0.596 bits per heavy atom. The van der Waals surface area contributed by atoms with Gasteiger partial charge in [0.25, 0.3) is 0 Å². The molecule has 1 amide bonds. The molecule has 0 aromatic carbocycles. The highest BCUT2D eigenvalue weighted by molar-refractivity contribution is 5.76. The summed E-state index contributed by atoms with van der Waals surface area (Å²) in [6.07, 6.45) is 56.8. The third-order valence-electron chi connectivity index (χ3n) is 12.7. The van der Waals surface area contributed by atoms with E-state index in [4.69, 9.17) is 0 Å². The van der Waals surface area contributed by atoms with E-state index < -0.39 is 18.2 Å². The molecule has 57 heavy (non-hydrogen) atoms. The molecule has 0 fully saturated rings. The first kappa shape index (κ1) is 56.4. The third-order valence-corrected chi connectivity index (χ3v) is 12.7. The van der Waals surface area contributed by atoms with Crippen LogP contribution in [-0.2, 0) is 4.79 Å². The third kappa shape index (κ3) is 44.7. The molecule has 0 aliphatic carbocycles. The molecule has 0 heterocycles. The van der Waals surface area contributed by atoms with Crippen LogP contribution >= 0.6 is 0 Å². The van der Waals surface area contributed by atoms with E-state index in [1.54, 1.807) is 0 Å². The van der Waals surface area contributed by atoms with Crippen molar-refractivity contribution in [2.75, 3.05) is 6.61 Å². The summed E-state index contributed by atoms with van der Waals surface area (Å²) in [5.41, 5.74) is 0. The molecule has 0 bridgehead atoms. The summed E-state index contributed by atoms with van der Waals surface area (Å²) in [4.78, 5) is 12.5. The molecule has 4 N–H and O–H groups in total. The van der Waals surface area contributed by atoms with Gasteiger partial charge in [0.2, 0.25) is 5.91 Å². The molecule has 0 rings (SSSR count). The fraction of sp³-hybridized carbons (Fsp3) is 0.981. The average molecular weight is 808 g/mol. The van der Waals surface area contributed by atoms with Gasteiger partial charge in [-0.1, -0.05) is 284 Å². The Bertz CT molecular complexity index is 762. The Kier molecular flexibility index (Phi) is 47.5. The summed E-state index contributed by atoms with van der Waals surface area (Å²) in [7, 11) is 0. The zero-order valence-electron chi connectivity index (χ0n) is 39.0. The quantitative estimate of drug-likeness (QED) is 0.0461. The lowest BCUT2D eigenvalue weighted by Crippen LogP contribution is -2.46. The Labute approximate surface area is 357 Å². The molecule has 5 heteroatoms. The number of nitrogens with one attached hydrogen (secondary N) is 1. The monoisotopic (exact) mass is 808 g/mol. The van der Waals surface area contributed by atoms with Crippen molar-refractivity contribution in [3.8, 4) is 0 Å². The van der Waals surface area contributed by atoms with E-state index in [0.29, 0.717) is 12.8 Å². The van der Waals surface area contributed by atoms with Crippen LogP contribution in [0.4, 0.5) is 0 Å². The van der Waals surface area contributed by atoms with Crippen LogP contribution in [0.3, 0.4) is 0 Å². The van der Waals surface area contributed by atoms with Gasteiger partial charge in [0.1, 0.15) is 0 Å². The van der Waals surface area contributed by atoms with Gasteiger partial charge in [-0.2, -0.15) is 0 Å². The fourth-order valence-corrected chi connectivity index (χ4v) is 8.64. The van der Waals surface area contributed by atoms with Crippen molar-refractivity contribution in [1.82, 2.24) is 5.32 Å². The molecule has 0 aliphatic rings. The number of hydrogen-bond acceptors (Lipinski definition) is 4. The lowest BCUT2D eigenvalue weighted by molar-refractivity contribution is -0.125. The second kappa shape index (κ2) is 48.0. The summed E-state index contributed by atoms with van der Waals surface area (Å²) in [6, 6.07) is -0.653. The van der Waals surface area contributed by atoms with Gasteiger partial charge in [0.15, 0.2) is 0 Å². The van der Waals surface area contributed by atoms with Crippen LogP contribution in [0, 0.1) is 0 Å². The molecule has 0 aromatic heterocycles. The topological polar surface area (TPSA) is 89.8 Å². The molecule has 0 saturated heterocycles. The van der Waals surface area contributed by atoms with E-state index in [1.807, 2.05) is 0 Å². The molecule has 3 unspecified atom stereocenters. The van der Waals surface area contributed by atoms with Crippen LogP contribution in [0.15, 0.2) is 0 Å². The Morgan fingerprint density at radius 3 is 0.842 bits per heavy atom. The van der Waals surface area contributed by atoms with Crippen molar-refractivity contribution in [3.05, 3.63) is 0 Å². The fourth-order valence-electron chi connectivity index (χ4n) is 8.64. The van der Waals surface area contributed by atoms with Gasteiger partial charge in [0.05, 0.1) is 31.3 Å². The first-order chi connectivity index (χ1) is 28.0. The van der Waals surface area contributed by atoms with Crippen molar-refractivity contribution in [3.63, 3.8) is 0 Å². The van der Waals surface area contributed by atoms with Gasteiger partial charge in [-0.25, -0.2) is 0 Å². The number of aliphatic hydroxyl groups excluding tert-OH is 3. The first-order valence-corrected chi connectivity index (χ1v) is 26.3. The van der Waals surface area contributed by atoms with E-state index in [1.165, 1.54) is 244 Å². The smallest absolute Gasteiger partial charge is 0.222 e. The normalized spacial score (nSPS) is 13.3. The van der Waals surface area contributed by atoms with E-state index in [2.05, 4.69) is 19.2 Å². The van der Waals surface area contributed by atoms with Crippen LogP contribution < -0.4 is 5.32 Å². The van der Waals surface area contributed by atoms with Crippen molar-refractivity contribution < 1.29 is 20.1 Å². The highest BCUT2D eigenvalue weighted by atomic mass is 16.3. The van der Waals surface area contributed by atoms with Gasteiger partial charge < -0.3 is 20.6 Å². The number of carbonyl (C=O) groups excluding carboxylic acids is 1. The second-order valence-electron chi connectivity index (χ2n) is 18.5. The molecule has 3 atom stereocenters. The SMILES string of the molecule is CCCCCCCCCCCCCCCCCCCCCCCCCCCCCCC(O)CC(=O)NC(CO)C(O)CCCCCCCCCCCCCCCC. The number of aliphatic hydroxyl groups is 3. The van der Waals surface area contributed by atoms with Gasteiger partial charge in [-0.3, -0.25) is 4.79 Å². The summed E-state index contributed by atoms with van der Waals surface area (Å²) >= 11 is 0. The lowest BCUT2D eigenvalue weighted by atomic mass is 10.0. The molecular formula is C52H105NO4. The van der Waals surface area contributed by atoms with Crippen LogP contribution in [0.5, 0.6) is 0 Å². The van der Waals surface area contributed by atoms with Crippen molar-refractivity contribution in [2.45, 2.75) is 321 Å². The highest BCUT2D eigenvalue weighted by Crippen LogP contribution is 2.18. The maximum Gasteiger partial charge on any atom is 0.222 e. The Balaban J connectivity index is 3.46. The zero-order chi connectivity index (χ0) is 41.5. The molecule has 342 valence electrons. The van der Waals surface area contributed by atoms with Gasteiger partial charge in [0, 0.05) is 0 Å². The van der Waals surface area contributed by atoms with Crippen LogP contribution in [-0.4, -0.2) is 46.1 Å². The second-order valence-corrected chi connectivity index (χ2v) is 18.5. The Morgan fingerprint density at radius 1 is 0.368 bits per heavy atom. The lowest BCUT2D eigenvalue weighted by Gasteiger charge is -2.23. The average Bonchev–Trinajstić information content (AvgIpc) is 3.20. The molecule has 0 saturated carbocycles. The summed E-state index contributed by atoms with van der Waals surface area (Å²) in [5, 5.41) is 33.5.